The summed E-state index contributed by atoms with van der Waals surface area (Å²) in [6, 6.07) is 0. The van der Waals surface area contributed by atoms with Crippen molar-refractivity contribution in [1.82, 2.24) is 0 Å². The van der Waals surface area contributed by atoms with Gasteiger partial charge in [-0.3, -0.25) is 9.59 Å². The Morgan fingerprint density at radius 2 is 1.53 bits per heavy atom. The van der Waals surface area contributed by atoms with E-state index in [4.69, 9.17) is 9.47 Å². The lowest BCUT2D eigenvalue weighted by molar-refractivity contribution is -0.147. The molecule has 0 amide bonds. The molecule has 17 heavy (non-hydrogen) atoms. The van der Waals surface area contributed by atoms with Gasteiger partial charge in [0.1, 0.15) is 0 Å². The third kappa shape index (κ3) is 7.77. The van der Waals surface area contributed by atoms with Crippen molar-refractivity contribution in [3.8, 4) is 0 Å². The molecule has 0 aromatic rings. The lowest BCUT2D eigenvalue weighted by Gasteiger charge is -2.19. The van der Waals surface area contributed by atoms with Crippen LogP contribution in [-0.2, 0) is 19.1 Å². The van der Waals surface area contributed by atoms with Crippen LogP contribution in [-0.4, -0.2) is 25.2 Å². The maximum Gasteiger partial charge on any atom is 0.306 e. The van der Waals surface area contributed by atoms with Gasteiger partial charge in [0.25, 0.3) is 0 Å². The van der Waals surface area contributed by atoms with Crippen LogP contribution in [0.15, 0.2) is 0 Å². The molecule has 0 spiro atoms. The highest BCUT2D eigenvalue weighted by molar-refractivity contribution is 5.71. The Morgan fingerprint density at radius 1 is 1.00 bits per heavy atom. The number of hydrogen-bond acceptors (Lipinski definition) is 4. The van der Waals surface area contributed by atoms with Gasteiger partial charge in [-0.05, 0) is 32.1 Å². The Hall–Kier alpha value is -1.06. The molecule has 0 saturated heterocycles. The van der Waals surface area contributed by atoms with Crippen molar-refractivity contribution in [3.05, 3.63) is 0 Å². The summed E-state index contributed by atoms with van der Waals surface area (Å²) < 4.78 is 9.79. The summed E-state index contributed by atoms with van der Waals surface area (Å²) in [6.45, 7) is 8.49. The lowest BCUT2D eigenvalue weighted by atomic mass is 9.88. The maximum atomic E-state index is 11.4. The fraction of sp³-hybridized carbons (Fsp3) is 0.846. The summed E-state index contributed by atoms with van der Waals surface area (Å²) in [5.74, 6) is 0.157. The van der Waals surface area contributed by atoms with Crippen LogP contribution < -0.4 is 0 Å². The summed E-state index contributed by atoms with van der Waals surface area (Å²) in [5, 5.41) is 0. The van der Waals surface area contributed by atoms with E-state index in [-0.39, 0.29) is 17.9 Å². The molecule has 4 heteroatoms. The predicted molar refractivity (Wildman–Crippen MR) is 65.4 cm³/mol. The van der Waals surface area contributed by atoms with Crippen molar-refractivity contribution in [2.24, 2.45) is 11.8 Å². The van der Waals surface area contributed by atoms with Crippen LogP contribution >= 0.6 is 0 Å². The zero-order valence-corrected chi connectivity index (χ0v) is 11.3. The Labute approximate surface area is 104 Å². The van der Waals surface area contributed by atoms with Gasteiger partial charge in [0.2, 0.25) is 0 Å². The highest BCUT2D eigenvalue weighted by Gasteiger charge is 2.19. The largest absolute Gasteiger partial charge is 0.466 e. The van der Waals surface area contributed by atoms with E-state index in [9.17, 15) is 9.59 Å². The monoisotopic (exact) mass is 244 g/mol. The van der Waals surface area contributed by atoms with E-state index < -0.39 is 0 Å². The van der Waals surface area contributed by atoms with Crippen molar-refractivity contribution >= 4 is 11.9 Å². The van der Waals surface area contributed by atoms with Crippen LogP contribution in [0.5, 0.6) is 0 Å². The molecule has 0 aliphatic carbocycles. The quantitative estimate of drug-likeness (QED) is 0.616. The summed E-state index contributed by atoms with van der Waals surface area (Å²) >= 11 is 0. The highest BCUT2D eigenvalue weighted by Crippen LogP contribution is 2.21. The first-order valence-corrected chi connectivity index (χ1v) is 6.32. The van der Waals surface area contributed by atoms with Gasteiger partial charge in [0.15, 0.2) is 0 Å². The number of esters is 2. The molecular weight excluding hydrogens is 220 g/mol. The van der Waals surface area contributed by atoms with Crippen molar-refractivity contribution in [2.75, 3.05) is 13.2 Å². The SMILES string of the molecule is CCOC(=O)CCC(CC(=O)OCC)C(C)C. The number of carbonyl (C=O) groups is 2. The van der Waals surface area contributed by atoms with Crippen LogP contribution in [0, 0.1) is 11.8 Å². The zero-order valence-electron chi connectivity index (χ0n) is 11.3. The Bertz CT molecular complexity index is 236. The standard InChI is InChI=1S/C13H24O4/c1-5-16-12(14)8-7-11(10(3)4)9-13(15)17-6-2/h10-11H,5-9H2,1-4H3. The van der Waals surface area contributed by atoms with Gasteiger partial charge < -0.3 is 9.47 Å². The van der Waals surface area contributed by atoms with E-state index in [0.717, 1.165) is 0 Å². The van der Waals surface area contributed by atoms with E-state index in [2.05, 4.69) is 13.8 Å². The number of ether oxygens (including phenoxy) is 2. The normalized spacial score (nSPS) is 12.3. The second-order valence-electron chi connectivity index (χ2n) is 4.36. The van der Waals surface area contributed by atoms with Crippen LogP contribution in [0.2, 0.25) is 0 Å². The smallest absolute Gasteiger partial charge is 0.306 e. The molecule has 4 nitrogen and oxygen atoms in total. The lowest BCUT2D eigenvalue weighted by Crippen LogP contribution is -2.18. The first kappa shape index (κ1) is 15.9. The summed E-state index contributed by atoms with van der Waals surface area (Å²) in [6.07, 6.45) is 1.43. The Kier molecular flexibility index (Phi) is 8.46. The molecule has 0 saturated carbocycles. The Balaban J connectivity index is 4.07. The van der Waals surface area contributed by atoms with Gasteiger partial charge in [-0.1, -0.05) is 13.8 Å². The molecule has 0 aliphatic heterocycles. The molecule has 100 valence electrons. The molecular formula is C13H24O4. The highest BCUT2D eigenvalue weighted by atomic mass is 16.5. The number of rotatable bonds is 8. The molecule has 0 rings (SSSR count). The first-order valence-electron chi connectivity index (χ1n) is 6.32. The van der Waals surface area contributed by atoms with Gasteiger partial charge in [0.05, 0.1) is 13.2 Å². The van der Waals surface area contributed by atoms with Crippen molar-refractivity contribution in [1.29, 1.82) is 0 Å². The van der Waals surface area contributed by atoms with Crippen molar-refractivity contribution < 1.29 is 19.1 Å². The van der Waals surface area contributed by atoms with Crippen LogP contribution in [0.4, 0.5) is 0 Å². The third-order valence-corrected chi connectivity index (χ3v) is 2.70. The fourth-order valence-electron chi connectivity index (χ4n) is 1.64. The summed E-state index contributed by atoms with van der Waals surface area (Å²) in [7, 11) is 0. The van der Waals surface area contributed by atoms with Gasteiger partial charge in [-0.15, -0.1) is 0 Å². The zero-order chi connectivity index (χ0) is 13.3. The summed E-state index contributed by atoms with van der Waals surface area (Å²) in [4.78, 5) is 22.6. The topological polar surface area (TPSA) is 52.6 Å². The molecule has 0 heterocycles. The molecule has 0 radical (unpaired) electrons. The van der Waals surface area contributed by atoms with Gasteiger partial charge in [0, 0.05) is 12.8 Å². The van der Waals surface area contributed by atoms with E-state index in [0.29, 0.717) is 38.4 Å². The van der Waals surface area contributed by atoms with E-state index in [1.165, 1.54) is 0 Å². The van der Waals surface area contributed by atoms with Crippen LogP contribution in [0.25, 0.3) is 0 Å². The van der Waals surface area contributed by atoms with Gasteiger partial charge >= 0.3 is 11.9 Å². The van der Waals surface area contributed by atoms with Crippen molar-refractivity contribution in [2.45, 2.75) is 47.0 Å². The fourth-order valence-corrected chi connectivity index (χ4v) is 1.64. The molecule has 0 aromatic heterocycles. The number of carbonyl (C=O) groups excluding carboxylic acids is 2. The minimum atomic E-state index is -0.193. The van der Waals surface area contributed by atoms with Crippen LogP contribution in [0.3, 0.4) is 0 Å². The van der Waals surface area contributed by atoms with E-state index in [1.807, 2.05) is 0 Å². The molecule has 0 N–H and O–H groups in total. The number of hydrogen-bond donors (Lipinski definition) is 0. The summed E-state index contributed by atoms with van der Waals surface area (Å²) in [5.41, 5.74) is 0. The van der Waals surface area contributed by atoms with Crippen molar-refractivity contribution in [3.63, 3.8) is 0 Å². The molecule has 1 atom stereocenters. The minimum Gasteiger partial charge on any atom is -0.466 e. The molecule has 1 unspecified atom stereocenters. The molecule has 0 aliphatic rings. The van der Waals surface area contributed by atoms with E-state index >= 15 is 0 Å². The predicted octanol–water partition coefficient (Wildman–Crippen LogP) is 2.56. The third-order valence-electron chi connectivity index (χ3n) is 2.70. The Morgan fingerprint density at radius 3 is 2.00 bits per heavy atom. The van der Waals surface area contributed by atoms with Crippen LogP contribution in [0.1, 0.15) is 47.0 Å². The average molecular weight is 244 g/mol. The average Bonchev–Trinajstić information content (AvgIpc) is 2.24. The molecule has 0 aromatic carbocycles. The van der Waals surface area contributed by atoms with Gasteiger partial charge in [-0.2, -0.15) is 0 Å². The first-order chi connectivity index (χ1) is 8.01. The van der Waals surface area contributed by atoms with E-state index in [1.54, 1.807) is 13.8 Å². The van der Waals surface area contributed by atoms with Gasteiger partial charge in [-0.25, -0.2) is 0 Å². The second-order valence-corrected chi connectivity index (χ2v) is 4.36. The molecule has 0 fully saturated rings. The minimum absolute atomic E-state index is 0.179. The maximum absolute atomic E-state index is 11.4. The molecule has 0 bridgehead atoms. The second kappa shape index (κ2) is 9.02.